The van der Waals surface area contributed by atoms with E-state index in [4.69, 9.17) is 4.74 Å². The van der Waals surface area contributed by atoms with Gasteiger partial charge in [-0.15, -0.1) is 0 Å². The molecular weight excluding hydrogens is 374 g/mol. The Labute approximate surface area is 166 Å². The molecule has 2 bridgehead atoms. The molecule has 5 rings (SSSR count). The summed E-state index contributed by atoms with van der Waals surface area (Å²) >= 11 is 1.48. The molecule has 7 heteroatoms. The second-order valence-electron chi connectivity index (χ2n) is 7.61. The number of fused-ring (bicyclic) bond motifs is 3. The fourth-order valence-electron chi connectivity index (χ4n) is 4.50. The van der Waals surface area contributed by atoms with Gasteiger partial charge in [0.05, 0.1) is 10.6 Å². The van der Waals surface area contributed by atoms with Crippen LogP contribution in [0.3, 0.4) is 0 Å². The zero-order chi connectivity index (χ0) is 19.1. The van der Waals surface area contributed by atoms with E-state index in [1.54, 1.807) is 6.20 Å². The highest BCUT2D eigenvalue weighted by atomic mass is 32.1. The number of carbonyl (C=O) groups is 1. The first kappa shape index (κ1) is 17.6. The number of piperidine rings is 1. The van der Waals surface area contributed by atoms with Crippen molar-refractivity contribution in [2.24, 2.45) is 5.92 Å². The van der Waals surface area contributed by atoms with Crippen LogP contribution in [-0.4, -0.2) is 38.0 Å². The lowest BCUT2D eigenvalue weighted by molar-refractivity contribution is -0.144. The van der Waals surface area contributed by atoms with Crippen LogP contribution in [0.5, 0.6) is 10.9 Å². The van der Waals surface area contributed by atoms with Crippen molar-refractivity contribution in [2.75, 3.05) is 0 Å². The number of rotatable bonds is 5. The number of hydrogen-bond acceptors (Lipinski definition) is 6. The molecule has 6 nitrogen and oxygen atoms in total. The average molecular weight is 395 g/mol. The van der Waals surface area contributed by atoms with Crippen molar-refractivity contribution >= 4 is 27.7 Å². The number of aromatic nitrogens is 2. The Bertz CT molecular complexity index is 957. The molecule has 28 heavy (non-hydrogen) atoms. The molecule has 2 aliphatic heterocycles. The molecule has 2 fully saturated rings. The first-order valence-electron chi connectivity index (χ1n) is 9.62. The van der Waals surface area contributed by atoms with Gasteiger partial charge in [-0.25, -0.2) is 4.98 Å². The van der Waals surface area contributed by atoms with E-state index in [2.05, 4.69) is 27.0 Å². The summed E-state index contributed by atoms with van der Waals surface area (Å²) in [6.45, 7) is 0.868. The molecular formula is C21H21N3O3S. The summed E-state index contributed by atoms with van der Waals surface area (Å²) < 4.78 is 6.90. The molecule has 0 spiro atoms. The number of ether oxygens (including phenoxy) is 1. The summed E-state index contributed by atoms with van der Waals surface area (Å²) in [5.74, 6) is -0.0497. The van der Waals surface area contributed by atoms with Crippen LogP contribution in [0.1, 0.15) is 31.2 Å². The molecule has 1 N–H and O–H groups in total. The Kier molecular flexibility index (Phi) is 4.49. The lowest BCUT2D eigenvalue weighted by Gasteiger charge is -2.37. The van der Waals surface area contributed by atoms with Crippen LogP contribution in [0.15, 0.2) is 42.6 Å². The molecule has 0 saturated carbocycles. The van der Waals surface area contributed by atoms with Gasteiger partial charge in [-0.1, -0.05) is 23.5 Å². The van der Waals surface area contributed by atoms with E-state index < -0.39 is 5.97 Å². The summed E-state index contributed by atoms with van der Waals surface area (Å²) in [5, 5.41) is 9.93. The minimum absolute atomic E-state index is 0.173. The zero-order valence-corrected chi connectivity index (χ0v) is 16.1. The van der Waals surface area contributed by atoms with Gasteiger partial charge in [0.2, 0.25) is 0 Å². The number of nitrogens with zero attached hydrogens (tertiary/aromatic N) is 3. The Morgan fingerprint density at radius 1 is 1.18 bits per heavy atom. The van der Waals surface area contributed by atoms with E-state index in [0.717, 1.165) is 42.7 Å². The Hall–Kier alpha value is -2.51. The predicted octanol–water partition coefficient (Wildman–Crippen LogP) is 4.31. The summed E-state index contributed by atoms with van der Waals surface area (Å²) in [7, 11) is 0. The third-order valence-electron chi connectivity index (χ3n) is 5.87. The summed E-state index contributed by atoms with van der Waals surface area (Å²) in [6, 6.07) is 12.8. The predicted molar refractivity (Wildman–Crippen MR) is 107 cm³/mol. The fraction of sp³-hybridized carbons (Fsp3) is 0.381. The van der Waals surface area contributed by atoms with Crippen LogP contribution in [0.2, 0.25) is 0 Å². The molecule has 0 radical (unpaired) electrons. The Balaban J connectivity index is 1.25. The molecule has 4 heterocycles. The lowest BCUT2D eigenvalue weighted by Crippen LogP contribution is -2.44. The zero-order valence-electron chi connectivity index (χ0n) is 15.3. The van der Waals surface area contributed by atoms with Crippen molar-refractivity contribution in [3.05, 3.63) is 48.2 Å². The highest BCUT2D eigenvalue weighted by Crippen LogP contribution is 2.40. The van der Waals surface area contributed by atoms with Gasteiger partial charge in [-0.2, -0.15) is 4.98 Å². The van der Waals surface area contributed by atoms with Crippen LogP contribution >= 0.6 is 11.3 Å². The van der Waals surface area contributed by atoms with Gasteiger partial charge in [0.25, 0.3) is 5.19 Å². The van der Waals surface area contributed by atoms with Crippen molar-refractivity contribution in [1.82, 2.24) is 14.9 Å². The summed E-state index contributed by atoms with van der Waals surface area (Å²) in [5.41, 5.74) is 1.93. The van der Waals surface area contributed by atoms with Gasteiger partial charge in [0.1, 0.15) is 5.75 Å². The molecule has 3 aromatic rings. The molecule has 2 unspecified atom stereocenters. The topological polar surface area (TPSA) is 75.5 Å². The maximum absolute atomic E-state index is 11.3. The van der Waals surface area contributed by atoms with Gasteiger partial charge in [0, 0.05) is 24.8 Å². The molecule has 2 aliphatic rings. The highest BCUT2D eigenvalue weighted by molar-refractivity contribution is 7.20. The fourth-order valence-corrected chi connectivity index (χ4v) is 5.30. The summed E-state index contributed by atoms with van der Waals surface area (Å²) in [4.78, 5) is 22.5. The van der Waals surface area contributed by atoms with Crippen molar-refractivity contribution in [2.45, 2.75) is 44.3 Å². The third-order valence-corrected chi connectivity index (χ3v) is 6.76. The Morgan fingerprint density at radius 2 is 1.93 bits per heavy atom. The smallest absolute Gasteiger partial charge is 0.306 e. The van der Waals surface area contributed by atoms with E-state index in [9.17, 15) is 9.90 Å². The SMILES string of the molecule is O=C(O)C1CC2CCC(C1)N2Cc1ccc(Oc2nc3ncccc3s2)cc1. The first-order chi connectivity index (χ1) is 13.7. The minimum Gasteiger partial charge on any atom is -0.481 e. The van der Waals surface area contributed by atoms with E-state index in [1.807, 2.05) is 24.3 Å². The third kappa shape index (κ3) is 3.36. The molecule has 0 amide bonds. The minimum atomic E-state index is -0.636. The van der Waals surface area contributed by atoms with Gasteiger partial charge in [-0.3, -0.25) is 9.69 Å². The van der Waals surface area contributed by atoms with Crippen LogP contribution in [0, 0.1) is 5.92 Å². The van der Waals surface area contributed by atoms with Crippen molar-refractivity contribution in [1.29, 1.82) is 0 Å². The van der Waals surface area contributed by atoms with Gasteiger partial charge < -0.3 is 9.84 Å². The molecule has 2 atom stereocenters. The van der Waals surface area contributed by atoms with Gasteiger partial charge in [0.15, 0.2) is 5.65 Å². The van der Waals surface area contributed by atoms with Crippen molar-refractivity contribution < 1.29 is 14.6 Å². The quantitative estimate of drug-likeness (QED) is 0.694. The van der Waals surface area contributed by atoms with Gasteiger partial charge >= 0.3 is 5.97 Å². The van der Waals surface area contributed by atoms with E-state index >= 15 is 0 Å². The van der Waals surface area contributed by atoms with Crippen LogP contribution in [0.4, 0.5) is 0 Å². The maximum Gasteiger partial charge on any atom is 0.306 e. The summed E-state index contributed by atoms with van der Waals surface area (Å²) in [6.07, 6.45) is 5.51. The number of hydrogen-bond donors (Lipinski definition) is 1. The van der Waals surface area contributed by atoms with Crippen LogP contribution < -0.4 is 4.74 Å². The second-order valence-corrected chi connectivity index (χ2v) is 8.61. The largest absolute Gasteiger partial charge is 0.481 e. The normalized spacial score (nSPS) is 24.5. The number of benzene rings is 1. The number of pyridine rings is 1. The van der Waals surface area contributed by atoms with Crippen LogP contribution in [-0.2, 0) is 11.3 Å². The first-order valence-corrected chi connectivity index (χ1v) is 10.4. The molecule has 2 aromatic heterocycles. The number of carboxylic acid groups (broad SMARTS) is 1. The molecule has 1 aromatic carbocycles. The Morgan fingerprint density at radius 3 is 2.61 bits per heavy atom. The number of aliphatic carboxylic acids is 1. The van der Waals surface area contributed by atoms with E-state index in [1.165, 1.54) is 16.9 Å². The molecule has 144 valence electrons. The van der Waals surface area contributed by atoms with E-state index in [0.29, 0.717) is 22.9 Å². The van der Waals surface area contributed by atoms with Crippen molar-refractivity contribution in [3.8, 4) is 10.9 Å². The monoisotopic (exact) mass is 395 g/mol. The second kappa shape index (κ2) is 7.14. The van der Waals surface area contributed by atoms with Gasteiger partial charge in [-0.05, 0) is 55.5 Å². The molecule has 2 saturated heterocycles. The van der Waals surface area contributed by atoms with Crippen LogP contribution in [0.25, 0.3) is 10.3 Å². The maximum atomic E-state index is 11.3. The highest BCUT2D eigenvalue weighted by Gasteiger charge is 2.42. The van der Waals surface area contributed by atoms with E-state index in [-0.39, 0.29) is 5.92 Å². The van der Waals surface area contributed by atoms with Crippen molar-refractivity contribution in [3.63, 3.8) is 0 Å². The molecule has 0 aliphatic carbocycles. The average Bonchev–Trinajstić information content (AvgIpc) is 3.19. The lowest BCUT2D eigenvalue weighted by atomic mass is 9.90. The standard InChI is InChI=1S/C21H21N3O3S/c25-20(26)14-10-15-5-6-16(11-14)24(15)12-13-3-7-17(8-4-13)27-21-23-19-18(28-21)2-1-9-22-19/h1-4,7-9,14-16H,5-6,10-12H2,(H,25,26). The number of carboxylic acids is 1. The number of thiazole rings is 1.